The summed E-state index contributed by atoms with van der Waals surface area (Å²) in [4.78, 5) is 24.4. The van der Waals surface area contributed by atoms with Crippen LogP contribution in [0.4, 0.5) is 5.00 Å². The molecule has 1 saturated carbocycles. The number of rotatable bonds is 3. The van der Waals surface area contributed by atoms with Crippen LogP contribution < -0.4 is 11.1 Å². The van der Waals surface area contributed by atoms with E-state index in [1.54, 1.807) is 0 Å². The molecule has 0 atom stereocenters. The lowest BCUT2D eigenvalue weighted by Crippen LogP contribution is -2.18. The van der Waals surface area contributed by atoms with E-state index in [9.17, 15) is 9.59 Å². The number of amides is 2. The Balaban J connectivity index is 1.92. The highest BCUT2D eigenvalue weighted by Gasteiger charge is 2.32. The van der Waals surface area contributed by atoms with E-state index in [1.165, 1.54) is 16.2 Å². The minimum Gasteiger partial charge on any atom is -0.365 e. The van der Waals surface area contributed by atoms with E-state index in [4.69, 9.17) is 5.73 Å². The van der Waals surface area contributed by atoms with Crippen LogP contribution in [0.1, 0.15) is 40.1 Å². The lowest BCUT2D eigenvalue weighted by molar-refractivity contribution is -0.117. The molecule has 2 amide bonds. The third kappa shape index (κ3) is 1.84. The molecule has 1 aromatic rings. The van der Waals surface area contributed by atoms with Crippen molar-refractivity contribution in [2.45, 2.75) is 32.1 Å². The van der Waals surface area contributed by atoms with E-state index in [1.807, 2.05) is 0 Å². The van der Waals surface area contributed by atoms with Crippen LogP contribution in [0.5, 0.6) is 0 Å². The first-order valence-electron chi connectivity index (χ1n) is 5.92. The maximum atomic E-state index is 11.7. The third-order valence-corrected chi connectivity index (χ3v) is 4.56. The summed E-state index contributed by atoms with van der Waals surface area (Å²) in [5.41, 5.74) is 7.03. The van der Waals surface area contributed by atoms with Gasteiger partial charge in [-0.2, -0.15) is 0 Å². The van der Waals surface area contributed by atoms with Crippen molar-refractivity contribution in [2.75, 3.05) is 5.32 Å². The number of thiophene rings is 1. The Hall–Kier alpha value is -1.36. The average Bonchev–Trinajstić information content (AvgIpc) is 2.92. The fraction of sp³-hybridized carbons (Fsp3) is 0.500. The van der Waals surface area contributed by atoms with Gasteiger partial charge in [-0.15, -0.1) is 11.3 Å². The molecule has 1 heterocycles. The first-order valence-corrected chi connectivity index (χ1v) is 6.73. The molecule has 0 saturated heterocycles. The van der Waals surface area contributed by atoms with Crippen LogP contribution in [0.25, 0.3) is 0 Å². The fourth-order valence-electron chi connectivity index (χ4n) is 2.31. The topological polar surface area (TPSA) is 72.2 Å². The average molecular weight is 250 g/mol. The summed E-state index contributed by atoms with van der Waals surface area (Å²) in [6.45, 7) is 0. The highest BCUT2D eigenvalue weighted by atomic mass is 32.1. The van der Waals surface area contributed by atoms with Crippen molar-refractivity contribution >= 4 is 28.2 Å². The standard InChI is InChI=1S/C12H14N2O2S/c13-10(15)9-7-2-1-3-8(7)17-12(9)14-11(16)6-4-5-6/h6H,1-5H2,(H2,13,15)(H,14,16). The second-order valence-electron chi connectivity index (χ2n) is 4.69. The molecule has 17 heavy (non-hydrogen) atoms. The van der Waals surface area contributed by atoms with Crippen molar-refractivity contribution in [3.63, 3.8) is 0 Å². The Bertz CT molecular complexity index is 503. The Morgan fingerprint density at radius 3 is 2.71 bits per heavy atom. The monoisotopic (exact) mass is 250 g/mol. The predicted molar refractivity (Wildman–Crippen MR) is 66.2 cm³/mol. The summed E-state index contributed by atoms with van der Waals surface area (Å²) in [6.07, 6.45) is 4.91. The van der Waals surface area contributed by atoms with Gasteiger partial charge in [0.05, 0.1) is 5.56 Å². The summed E-state index contributed by atoms with van der Waals surface area (Å²) < 4.78 is 0. The molecule has 0 unspecified atom stereocenters. The van der Waals surface area contributed by atoms with Crippen LogP contribution >= 0.6 is 11.3 Å². The van der Waals surface area contributed by atoms with E-state index in [0.29, 0.717) is 10.6 Å². The molecule has 3 rings (SSSR count). The number of hydrogen-bond acceptors (Lipinski definition) is 3. The fourth-order valence-corrected chi connectivity index (χ4v) is 3.61. The van der Waals surface area contributed by atoms with Crippen LogP contribution in [-0.4, -0.2) is 11.8 Å². The Morgan fingerprint density at radius 1 is 1.29 bits per heavy atom. The number of carbonyl (C=O) groups excluding carboxylic acids is 2. The quantitative estimate of drug-likeness (QED) is 0.856. The Kier molecular flexibility index (Phi) is 2.43. The molecule has 0 bridgehead atoms. The van der Waals surface area contributed by atoms with Crippen molar-refractivity contribution in [2.24, 2.45) is 11.7 Å². The van der Waals surface area contributed by atoms with Crippen molar-refractivity contribution in [1.82, 2.24) is 0 Å². The van der Waals surface area contributed by atoms with Crippen molar-refractivity contribution < 1.29 is 9.59 Å². The molecule has 90 valence electrons. The highest BCUT2D eigenvalue weighted by Crippen LogP contribution is 2.40. The number of fused-ring (bicyclic) bond motifs is 1. The summed E-state index contributed by atoms with van der Waals surface area (Å²) in [5, 5.41) is 3.53. The van der Waals surface area contributed by atoms with Crippen LogP contribution in [0, 0.1) is 5.92 Å². The number of aryl methyl sites for hydroxylation is 1. The first-order chi connectivity index (χ1) is 8.16. The van der Waals surface area contributed by atoms with Gasteiger partial charge in [-0.05, 0) is 37.7 Å². The summed E-state index contributed by atoms with van der Waals surface area (Å²) in [5.74, 6) is -0.240. The first kappa shape index (κ1) is 10.8. The molecule has 1 aromatic heterocycles. The van der Waals surface area contributed by atoms with Crippen LogP contribution in [0.15, 0.2) is 0 Å². The van der Waals surface area contributed by atoms with Crippen molar-refractivity contribution in [3.05, 3.63) is 16.0 Å². The predicted octanol–water partition coefficient (Wildman–Crippen LogP) is 1.68. The maximum Gasteiger partial charge on any atom is 0.251 e. The molecule has 0 aliphatic heterocycles. The molecule has 3 N–H and O–H groups in total. The SMILES string of the molecule is NC(=O)c1c(NC(=O)C2CC2)sc2c1CCC2. The molecule has 4 nitrogen and oxygen atoms in total. The molecule has 0 radical (unpaired) electrons. The van der Waals surface area contributed by atoms with E-state index in [-0.39, 0.29) is 11.8 Å². The second kappa shape index (κ2) is 3.84. The second-order valence-corrected chi connectivity index (χ2v) is 5.79. The Morgan fingerprint density at radius 2 is 2.06 bits per heavy atom. The zero-order chi connectivity index (χ0) is 12.0. The normalized spacial score (nSPS) is 17.9. The van der Waals surface area contributed by atoms with Gasteiger partial charge in [0.2, 0.25) is 5.91 Å². The van der Waals surface area contributed by atoms with E-state index in [0.717, 1.165) is 37.7 Å². The van der Waals surface area contributed by atoms with Gasteiger partial charge in [-0.3, -0.25) is 9.59 Å². The molecule has 0 spiro atoms. The minimum absolute atomic E-state index is 0.0347. The zero-order valence-electron chi connectivity index (χ0n) is 9.41. The molecule has 2 aliphatic rings. The van der Waals surface area contributed by atoms with Gasteiger partial charge >= 0.3 is 0 Å². The molecular weight excluding hydrogens is 236 g/mol. The molecule has 0 aromatic carbocycles. The number of carbonyl (C=O) groups is 2. The van der Waals surface area contributed by atoms with E-state index >= 15 is 0 Å². The van der Waals surface area contributed by atoms with Crippen molar-refractivity contribution in [3.8, 4) is 0 Å². The van der Waals surface area contributed by atoms with Crippen LogP contribution in [0.2, 0.25) is 0 Å². The minimum atomic E-state index is -0.421. The van der Waals surface area contributed by atoms with Gasteiger partial charge in [0, 0.05) is 10.8 Å². The summed E-state index contributed by atoms with van der Waals surface area (Å²) in [6, 6.07) is 0. The van der Waals surface area contributed by atoms with Gasteiger partial charge < -0.3 is 11.1 Å². The van der Waals surface area contributed by atoms with Gasteiger partial charge in [0.15, 0.2) is 0 Å². The summed E-state index contributed by atoms with van der Waals surface area (Å²) in [7, 11) is 0. The lowest BCUT2D eigenvalue weighted by atomic mass is 10.1. The third-order valence-electron chi connectivity index (χ3n) is 3.35. The largest absolute Gasteiger partial charge is 0.365 e. The molecule has 5 heteroatoms. The van der Waals surface area contributed by atoms with E-state index < -0.39 is 5.91 Å². The maximum absolute atomic E-state index is 11.7. The summed E-state index contributed by atoms with van der Waals surface area (Å²) >= 11 is 1.52. The van der Waals surface area contributed by atoms with Crippen LogP contribution in [-0.2, 0) is 17.6 Å². The van der Waals surface area contributed by atoms with Crippen LogP contribution in [0.3, 0.4) is 0 Å². The van der Waals surface area contributed by atoms with Gasteiger partial charge in [0.25, 0.3) is 5.91 Å². The lowest BCUT2D eigenvalue weighted by Gasteiger charge is -2.04. The Labute approximate surface area is 103 Å². The highest BCUT2D eigenvalue weighted by molar-refractivity contribution is 7.17. The smallest absolute Gasteiger partial charge is 0.251 e. The van der Waals surface area contributed by atoms with Gasteiger partial charge in [-0.1, -0.05) is 0 Å². The number of primary amides is 1. The molecular formula is C12H14N2O2S. The zero-order valence-corrected chi connectivity index (χ0v) is 10.2. The number of nitrogens with one attached hydrogen (secondary N) is 1. The molecule has 2 aliphatic carbocycles. The van der Waals surface area contributed by atoms with E-state index in [2.05, 4.69) is 5.32 Å². The van der Waals surface area contributed by atoms with Gasteiger partial charge in [-0.25, -0.2) is 0 Å². The number of anilines is 1. The number of nitrogens with two attached hydrogens (primary N) is 1. The molecule has 1 fully saturated rings. The number of hydrogen-bond donors (Lipinski definition) is 2. The van der Waals surface area contributed by atoms with Crippen molar-refractivity contribution in [1.29, 1.82) is 0 Å². The van der Waals surface area contributed by atoms with Gasteiger partial charge in [0.1, 0.15) is 5.00 Å².